The average molecular weight is 127 g/mol. The van der Waals surface area contributed by atoms with Crippen molar-refractivity contribution in [1.82, 2.24) is 0 Å². The lowest BCUT2D eigenvalue weighted by molar-refractivity contribution is 0.835. The van der Waals surface area contributed by atoms with E-state index in [0.29, 0.717) is 5.84 Å². The number of hydrogen-bond acceptors (Lipinski definition) is 2. The smallest absolute Gasteiger partial charge is 0.119 e. The molecule has 0 bridgehead atoms. The number of amidine groups is 1. The number of hydrogen-bond donors (Lipinski definition) is 2. The van der Waals surface area contributed by atoms with Crippen molar-refractivity contribution < 1.29 is 0 Å². The molecule has 3 nitrogen and oxygen atoms in total. The highest BCUT2D eigenvalue weighted by atomic mass is 14.9. The van der Waals surface area contributed by atoms with Crippen LogP contribution in [0.3, 0.4) is 0 Å². The number of aliphatic imine (C=N–C) groups is 1. The van der Waals surface area contributed by atoms with Crippen molar-refractivity contribution >= 4 is 5.84 Å². The summed E-state index contributed by atoms with van der Waals surface area (Å²) >= 11 is 0. The Morgan fingerprint density at radius 1 is 1.56 bits per heavy atom. The van der Waals surface area contributed by atoms with Crippen LogP contribution in [0.4, 0.5) is 0 Å². The molecular weight excluding hydrogens is 114 g/mol. The van der Waals surface area contributed by atoms with E-state index in [2.05, 4.69) is 4.99 Å². The Morgan fingerprint density at radius 3 is 2.44 bits per heavy atom. The molecule has 0 aromatic rings. The Hall–Kier alpha value is -0.990. The number of rotatable bonds is 2. The highest BCUT2D eigenvalue weighted by Crippen LogP contribution is 1.84. The third-order valence-corrected chi connectivity index (χ3v) is 0.674. The summed E-state index contributed by atoms with van der Waals surface area (Å²) in [7, 11) is 0. The van der Waals surface area contributed by atoms with Gasteiger partial charge in [0.05, 0.1) is 0 Å². The molecule has 52 valence electrons. The quantitative estimate of drug-likeness (QED) is 0.412. The zero-order valence-corrected chi connectivity index (χ0v) is 5.83. The van der Waals surface area contributed by atoms with Crippen LogP contribution >= 0.6 is 0 Å². The molecule has 0 aromatic heterocycles. The molecule has 0 aromatic carbocycles. The minimum atomic E-state index is 0.237. The Morgan fingerprint density at radius 2 is 2.11 bits per heavy atom. The molecule has 0 saturated carbocycles. The van der Waals surface area contributed by atoms with Crippen molar-refractivity contribution in [2.24, 2.45) is 16.5 Å². The van der Waals surface area contributed by atoms with Gasteiger partial charge < -0.3 is 11.5 Å². The SMILES string of the molecule is CC(C)N=C(N)/C=C\N. The van der Waals surface area contributed by atoms with Gasteiger partial charge in [0.2, 0.25) is 0 Å². The van der Waals surface area contributed by atoms with E-state index >= 15 is 0 Å². The van der Waals surface area contributed by atoms with E-state index in [1.165, 1.54) is 6.20 Å². The van der Waals surface area contributed by atoms with Gasteiger partial charge in [-0.05, 0) is 26.1 Å². The number of nitrogens with zero attached hydrogens (tertiary/aromatic N) is 1. The molecule has 0 atom stereocenters. The molecule has 0 aliphatic heterocycles. The summed E-state index contributed by atoms with van der Waals surface area (Å²) in [6, 6.07) is 0.237. The lowest BCUT2D eigenvalue weighted by Crippen LogP contribution is -2.11. The van der Waals surface area contributed by atoms with Gasteiger partial charge >= 0.3 is 0 Å². The highest BCUT2D eigenvalue weighted by molar-refractivity contribution is 5.91. The summed E-state index contributed by atoms with van der Waals surface area (Å²) in [5.74, 6) is 0.479. The van der Waals surface area contributed by atoms with Gasteiger partial charge in [0.1, 0.15) is 5.84 Å². The summed E-state index contributed by atoms with van der Waals surface area (Å²) < 4.78 is 0. The predicted molar refractivity (Wildman–Crippen MR) is 40.1 cm³/mol. The molecule has 0 fully saturated rings. The van der Waals surface area contributed by atoms with E-state index < -0.39 is 0 Å². The first-order valence-corrected chi connectivity index (χ1v) is 2.88. The molecule has 0 aliphatic carbocycles. The average Bonchev–Trinajstić information content (AvgIpc) is 1.63. The second-order valence-corrected chi connectivity index (χ2v) is 2.01. The Bertz CT molecular complexity index is 124. The molecule has 0 saturated heterocycles. The van der Waals surface area contributed by atoms with Crippen molar-refractivity contribution in [2.45, 2.75) is 19.9 Å². The van der Waals surface area contributed by atoms with E-state index in [-0.39, 0.29) is 6.04 Å². The van der Waals surface area contributed by atoms with E-state index in [1.807, 2.05) is 13.8 Å². The second-order valence-electron chi connectivity index (χ2n) is 2.01. The van der Waals surface area contributed by atoms with Crippen LogP contribution in [0.2, 0.25) is 0 Å². The molecule has 3 heteroatoms. The first kappa shape index (κ1) is 8.01. The molecular formula is C6H13N3. The molecule has 0 heterocycles. The van der Waals surface area contributed by atoms with Crippen LogP contribution in [-0.2, 0) is 0 Å². The lowest BCUT2D eigenvalue weighted by Gasteiger charge is -1.95. The standard InChI is InChI=1S/C6H13N3/c1-5(2)9-6(8)3-4-7/h3-5H,7H2,1-2H3,(H2,8,9)/b4-3-. The maximum absolute atomic E-state index is 5.37. The zero-order valence-electron chi connectivity index (χ0n) is 5.83. The third kappa shape index (κ3) is 4.87. The van der Waals surface area contributed by atoms with Gasteiger partial charge in [-0.15, -0.1) is 0 Å². The van der Waals surface area contributed by atoms with Crippen LogP contribution in [0.25, 0.3) is 0 Å². The molecule has 4 N–H and O–H groups in total. The summed E-state index contributed by atoms with van der Waals surface area (Å²) in [5.41, 5.74) is 10.4. The highest BCUT2D eigenvalue weighted by Gasteiger charge is 1.86. The molecule has 0 spiro atoms. The van der Waals surface area contributed by atoms with Gasteiger partial charge in [-0.3, -0.25) is 4.99 Å². The Kier molecular flexibility index (Phi) is 3.51. The molecule has 0 amide bonds. The fourth-order valence-electron chi connectivity index (χ4n) is 0.440. The molecule has 0 rings (SSSR count). The Labute approximate surface area is 55.4 Å². The van der Waals surface area contributed by atoms with Gasteiger partial charge in [-0.25, -0.2) is 0 Å². The summed E-state index contributed by atoms with van der Waals surface area (Å²) in [6.45, 7) is 3.91. The van der Waals surface area contributed by atoms with Crippen molar-refractivity contribution in [3.8, 4) is 0 Å². The third-order valence-electron chi connectivity index (χ3n) is 0.674. The van der Waals surface area contributed by atoms with Crippen LogP contribution in [0.5, 0.6) is 0 Å². The first-order valence-electron chi connectivity index (χ1n) is 2.88. The molecule has 0 unspecified atom stereocenters. The van der Waals surface area contributed by atoms with Gasteiger partial charge in [0, 0.05) is 6.04 Å². The first-order chi connectivity index (χ1) is 4.16. The van der Waals surface area contributed by atoms with E-state index in [4.69, 9.17) is 11.5 Å². The summed E-state index contributed by atoms with van der Waals surface area (Å²) in [5, 5.41) is 0. The Balaban J connectivity index is 3.84. The van der Waals surface area contributed by atoms with Crippen molar-refractivity contribution in [1.29, 1.82) is 0 Å². The van der Waals surface area contributed by atoms with Crippen molar-refractivity contribution in [3.05, 3.63) is 12.3 Å². The van der Waals surface area contributed by atoms with Gasteiger partial charge in [0.25, 0.3) is 0 Å². The van der Waals surface area contributed by atoms with Crippen LogP contribution < -0.4 is 11.5 Å². The normalized spacial score (nSPS) is 13.4. The maximum atomic E-state index is 5.37. The van der Waals surface area contributed by atoms with Gasteiger partial charge in [-0.2, -0.15) is 0 Å². The van der Waals surface area contributed by atoms with Gasteiger partial charge in [0.15, 0.2) is 0 Å². The van der Waals surface area contributed by atoms with E-state index in [9.17, 15) is 0 Å². The lowest BCUT2D eigenvalue weighted by atomic mass is 10.4. The summed E-state index contributed by atoms with van der Waals surface area (Å²) in [4.78, 5) is 3.99. The molecule has 0 radical (unpaired) electrons. The largest absolute Gasteiger partial charge is 0.404 e. The fraction of sp³-hybridized carbons (Fsp3) is 0.500. The van der Waals surface area contributed by atoms with Crippen LogP contribution in [0.1, 0.15) is 13.8 Å². The van der Waals surface area contributed by atoms with Crippen LogP contribution in [-0.4, -0.2) is 11.9 Å². The minimum Gasteiger partial charge on any atom is -0.404 e. The van der Waals surface area contributed by atoms with Crippen molar-refractivity contribution in [3.63, 3.8) is 0 Å². The number of nitrogens with two attached hydrogens (primary N) is 2. The van der Waals surface area contributed by atoms with E-state index in [0.717, 1.165) is 0 Å². The van der Waals surface area contributed by atoms with Crippen LogP contribution in [0, 0.1) is 0 Å². The molecule has 9 heavy (non-hydrogen) atoms. The van der Waals surface area contributed by atoms with E-state index in [1.54, 1.807) is 6.08 Å². The van der Waals surface area contributed by atoms with Crippen molar-refractivity contribution in [2.75, 3.05) is 0 Å². The second kappa shape index (κ2) is 3.95. The van der Waals surface area contributed by atoms with Gasteiger partial charge in [-0.1, -0.05) is 0 Å². The minimum absolute atomic E-state index is 0.237. The topological polar surface area (TPSA) is 64.4 Å². The zero-order chi connectivity index (χ0) is 7.28. The monoisotopic (exact) mass is 127 g/mol. The van der Waals surface area contributed by atoms with Crippen LogP contribution in [0.15, 0.2) is 17.3 Å². The maximum Gasteiger partial charge on any atom is 0.119 e. The molecule has 0 aliphatic rings. The summed E-state index contributed by atoms with van der Waals surface area (Å²) in [6.07, 6.45) is 2.95. The fourth-order valence-corrected chi connectivity index (χ4v) is 0.440. The predicted octanol–water partition coefficient (Wildman–Crippen LogP) is 0.224.